The van der Waals surface area contributed by atoms with E-state index in [0.29, 0.717) is 26.2 Å². The number of primary amides is 1. The van der Waals surface area contributed by atoms with Gasteiger partial charge in [0.25, 0.3) is 0 Å². The summed E-state index contributed by atoms with van der Waals surface area (Å²) in [4.78, 5) is 10.8. The number of ether oxygens (including phenoxy) is 2. The van der Waals surface area contributed by atoms with Crippen LogP contribution >= 0.6 is 0 Å². The van der Waals surface area contributed by atoms with Crippen molar-refractivity contribution in [3.63, 3.8) is 0 Å². The molecule has 0 rings (SSSR count). The van der Waals surface area contributed by atoms with E-state index < -0.39 is 11.4 Å². The third-order valence-electron chi connectivity index (χ3n) is 1.98. The Morgan fingerprint density at radius 3 is 2.50 bits per heavy atom. The lowest BCUT2D eigenvalue weighted by atomic mass is 9.97. The van der Waals surface area contributed by atoms with Gasteiger partial charge in [0.05, 0.1) is 18.8 Å². The molecule has 0 fully saturated rings. The zero-order valence-electron chi connectivity index (χ0n) is 8.91. The summed E-state index contributed by atoms with van der Waals surface area (Å²) in [5.41, 5.74) is 9.83. The van der Waals surface area contributed by atoms with Crippen LogP contribution in [0.4, 0.5) is 0 Å². The molecule has 0 saturated carbocycles. The third kappa shape index (κ3) is 5.90. The highest BCUT2D eigenvalue weighted by Crippen LogP contribution is 2.07. The Labute approximate surface area is 84.7 Å². The van der Waals surface area contributed by atoms with Crippen molar-refractivity contribution in [3.8, 4) is 0 Å². The van der Waals surface area contributed by atoms with Crippen molar-refractivity contribution in [1.29, 1.82) is 0 Å². The van der Waals surface area contributed by atoms with Gasteiger partial charge in [0.2, 0.25) is 5.91 Å². The summed E-state index contributed by atoms with van der Waals surface area (Å²) in [6.07, 6.45) is 1.26. The van der Waals surface area contributed by atoms with E-state index in [9.17, 15) is 4.79 Å². The molecule has 0 aliphatic carbocycles. The highest BCUT2D eigenvalue weighted by Gasteiger charge is 2.24. The molecule has 5 heteroatoms. The molecule has 0 aromatic rings. The predicted octanol–water partition coefficient (Wildman–Crippen LogP) is -0.368. The first-order valence-corrected chi connectivity index (χ1v) is 4.66. The van der Waals surface area contributed by atoms with Gasteiger partial charge in [0.15, 0.2) is 0 Å². The van der Waals surface area contributed by atoms with E-state index in [1.54, 1.807) is 14.0 Å². The van der Waals surface area contributed by atoms with Crippen LogP contribution in [0.15, 0.2) is 0 Å². The van der Waals surface area contributed by atoms with Crippen molar-refractivity contribution in [2.45, 2.75) is 25.3 Å². The van der Waals surface area contributed by atoms with Gasteiger partial charge in [-0.1, -0.05) is 0 Å². The molecule has 0 heterocycles. The van der Waals surface area contributed by atoms with Gasteiger partial charge in [-0.25, -0.2) is 0 Å². The summed E-state index contributed by atoms with van der Waals surface area (Å²) in [5, 5.41) is 0. The minimum Gasteiger partial charge on any atom is -0.382 e. The Morgan fingerprint density at radius 1 is 1.36 bits per heavy atom. The first-order chi connectivity index (χ1) is 6.50. The molecule has 1 atom stereocenters. The molecule has 0 saturated heterocycles. The predicted molar refractivity (Wildman–Crippen MR) is 53.7 cm³/mol. The van der Waals surface area contributed by atoms with Crippen LogP contribution < -0.4 is 11.5 Å². The first kappa shape index (κ1) is 13.4. The molecule has 0 aromatic carbocycles. The quantitative estimate of drug-likeness (QED) is 0.528. The SMILES string of the molecule is COCCOCCCC(C)(N)C(N)=O. The van der Waals surface area contributed by atoms with Crippen LogP contribution in [-0.4, -0.2) is 38.4 Å². The van der Waals surface area contributed by atoms with E-state index in [1.807, 2.05) is 0 Å². The molecule has 1 amide bonds. The number of methoxy groups -OCH3 is 1. The molecule has 0 radical (unpaired) electrons. The monoisotopic (exact) mass is 204 g/mol. The Morgan fingerprint density at radius 2 is 2.00 bits per heavy atom. The van der Waals surface area contributed by atoms with Gasteiger partial charge in [-0.15, -0.1) is 0 Å². The van der Waals surface area contributed by atoms with E-state index >= 15 is 0 Å². The number of hydrogen-bond acceptors (Lipinski definition) is 4. The van der Waals surface area contributed by atoms with Crippen LogP contribution in [0.1, 0.15) is 19.8 Å². The lowest BCUT2D eigenvalue weighted by molar-refractivity contribution is -0.122. The Bertz CT molecular complexity index is 171. The smallest absolute Gasteiger partial charge is 0.237 e. The van der Waals surface area contributed by atoms with Gasteiger partial charge in [-0.05, 0) is 19.8 Å². The van der Waals surface area contributed by atoms with E-state index in [-0.39, 0.29) is 0 Å². The first-order valence-electron chi connectivity index (χ1n) is 4.66. The topological polar surface area (TPSA) is 87.6 Å². The van der Waals surface area contributed by atoms with E-state index in [2.05, 4.69) is 0 Å². The van der Waals surface area contributed by atoms with Crippen molar-refractivity contribution < 1.29 is 14.3 Å². The largest absolute Gasteiger partial charge is 0.382 e. The maximum Gasteiger partial charge on any atom is 0.237 e. The minimum atomic E-state index is -0.926. The fraction of sp³-hybridized carbons (Fsp3) is 0.889. The summed E-state index contributed by atoms with van der Waals surface area (Å²) in [6, 6.07) is 0. The molecule has 84 valence electrons. The Kier molecular flexibility index (Phi) is 6.44. The third-order valence-corrected chi connectivity index (χ3v) is 1.98. The molecular weight excluding hydrogens is 184 g/mol. The molecule has 1 unspecified atom stereocenters. The second-order valence-electron chi connectivity index (χ2n) is 3.49. The maximum absolute atomic E-state index is 10.8. The van der Waals surface area contributed by atoms with Gasteiger partial charge in [-0.2, -0.15) is 0 Å². The number of rotatable bonds is 8. The molecule has 0 aliphatic heterocycles. The molecule has 5 nitrogen and oxygen atoms in total. The van der Waals surface area contributed by atoms with Crippen LogP contribution in [0, 0.1) is 0 Å². The van der Waals surface area contributed by atoms with Gasteiger partial charge in [-0.3, -0.25) is 4.79 Å². The maximum atomic E-state index is 10.8. The second kappa shape index (κ2) is 6.75. The van der Waals surface area contributed by atoms with Crippen LogP contribution in [0.3, 0.4) is 0 Å². The summed E-state index contributed by atoms with van der Waals surface area (Å²) >= 11 is 0. The summed E-state index contributed by atoms with van der Waals surface area (Å²) in [6.45, 7) is 3.35. The van der Waals surface area contributed by atoms with E-state index in [0.717, 1.165) is 6.42 Å². The lowest BCUT2D eigenvalue weighted by Crippen LogP contribution is -2.49. The summed E-state index contributed by atoms with van der Waals surface area (Å²) in [5.74, 6) is -0.477. The second-order valence-corrected chi connectivity index (χ2v) is 3.49. The van der Waals surface area contributed by atoms with Gasteiger partial charge < -0.3 is 20.9 Å². The van der Waals surface area contributed by atoms with Crippen molar-refractivity contribution in [2.75, 3.05) is 26.9 Å². The van der Waals surface area contributed by atoms with Gasteiger partial charge >= 0.3 is 0 Å². The Hall–Kier alpha value is -0.650. The van der Waals surface area contributed by atoms with Crippen molar-refractivity contribution in [2.24, 2.45) is 11.5 Å². The van der Waals surface area contributed by atoms with Crippen molar-refractivity contribution in [1.82, 2.24) is 0 Å². The number of carbonyl (C=O) groups is 1. The number of carbonyl (C=O) groups excluding carboxylic acids is 1. The van der Waals surface area contributed by atoms with Crippen LogP contribution in [0.25, 0.3) is 0 Å². The highest BCUT2D eigenvalue weighted by molar-refractivity contribution is 5.83. The van der Waals surface area contributed by atoms with Gasteiger partial charge in [0, 0.05) is 13.7 Å². The zero-order valence-corrected chi connectivity index (χ0v) is 8.91. The molecule has 14 heavy (non-hydrogen) atoms. The van der Waals surface area contributed by atoms with Gasteiger partial charge in [0.1, 0.15) is 0 Å². The Balaban J connectivity index is 3.40. The highest BCUT2D eigenvalue weighted by atomic mass is 16.5. The lowest BCUT2D eigenvalue weighted by Gasteiger charge is -2.19. The minimum absolute atomic E-state index is 0.477. The van der Waals surface area contributed by atoms with E-state index in [1.165, 1.54) is 0 Å². The summed E-state index contributed by atoms with van der Waals surface area (Å²) in [7, 11) is 1.62. The molecule has 0 spiro atoms. The molecule has 4 N–H and O–H groups in total. The molecule has 0 bridgehead atoms. The zero-order chi connectivity index (χ0) is 11.0. The average Bonchev–Trinajstić information content (AvgIpc) is 2.10. The van der Waals surface area contributed by atoms with Crippen LogP contribution in [-0.2, 0) is 14.3 Å². The molecule has 0 aliphatic rings. The van der Waals surface area contributed by atoms with Crippen LogP contribution in [0.5, 0.6) is 0 Å². The normalized spacial score (nSPS) is 15.1. The number of hydrogen-bond donors (Lipinski definition) is 2. The number of amides is 1. The van der Waals surface area contributed by atoms with Crippen molar-refractivity contribution in [3.05, 3.63) is 0 Å². The standard InChI is InChI=1S/C9H20N2O3/c1-9(11,8(10)12)4-3-5-14-7-6-13-2/h3-7,11H2,1-2H3,(H2,10,12). The average molecular weight is 204 g/mol. The fourth-order valence-electron chi connectivity index (χ4n) is 0.909. The molecule has 0 aromatic heterocycles. The number of nitrogens with two attached hydrogens (primary N) is 2. The fourth-order valence-corrected chi connectivity index (χ4v) is 0.909. The van der Waals surface area contributed by atoms with Crippen molar-refractivity contribution >= 4 is 5.91 Å². The molecular formula is C9H20N2O3. The van der Waals surface area contributed by atoms with E-state index in [4.69, 9.17) is 20.9 Å². The van der Waals surface area contributed by atoms with Crippen LogP contribution in [0.2, 0.25) is 0 Å². The summed E-state index contributed by atoms with van der Waals surface area (Å²) < 4.78 is 10.0.